The molecule has 0 atom stereocenters. The molecule has 0 heterocycles. The Morgan fingerprint density at radius 3 is 2.36 bits per heavy atom. The van der Waals surface area contributed by atoms with Crippen molar-refractivity contribution in [2.24, 2.45) is 11.5 Å². The summed E-state index contributed by atoms with van der Waals surface area (Å²) < 4.78 is 24.4. The van der Waals surface area contributed by atoms with E-state index in [4.69, 9.17) is 11.5 Å². The van der Waals surface area contributed by atoms with E-state index < -0.39 is 15.9 Å². The SMILES string of the molecule is NC(=O)CCCNS(=O)(=O)CC(N)=S. The van der Waals surface area contributed by atoms with Crippen LogP contribution in [0.5, 0.6) is 0 Å². The quantitative estimate of drug-likeness (QED) is 0.368. The van der Waals surface area contributed by atoms with Gasteiger partial charge in [0.2, 0.25) is 15.9 Å². The second-order valence-corrected chi connectivity index (χ2v) is 5.02. The number of carbonyl (C=O) groups is 1. The predicted molar refractivity (Wildman–Crippen MR) is 57.0 cm³/mol. The molecule has 0 aromatic rings. The van der Waals surface area contributed by atoms with E-state index in [-0.39, 0.29) is 23.7 Å². The molecular weight excluding hydrogens is 226 g/mol. The van der Waals surface area contributed by atoms with E-state index in [2.05, 4.69) is 16.9 Å². The summed E-state index contributed by atoms with van der Waals surface area (Å²) in [6.45, 7) is 0.161. The number of nitrogens with two attached hydrogens (primary N) is 2. The van der Waals surface area contributed by atoms with Crippen molar-refractivity contribution in [2.45, 2.75) is 12.8 Å². The minimum absolute atomic E-state index is 0.0904. The van der Waals surface area contributed by atoms with Crippen molar-refractivity contribution in [3.63, 3.8) is 0 Å². The zero-order valence-electron chi connectivity index (χ0n) is 7.52. The van der Waals surface area contributed by atoms with Gasteiger partial charge in [0, 0.05) is 13.0 Å². The first-order chi connectivity index (χ1) is 6.33. The molecule has 0 saturated carbocycles. The number of carbonyl (C=O) groups excluding carboxylic acids is 1. The van der Waals surface area contributed by atoms with Gasteiger partial charge in [-0.15, -0.1) is 0 Å². The smallest absolute Gasteiger partial charge is 0.218 e. The van der Waals surface area contributed by atoms with Crippen molar-refractivity contribution in [1.29, 1.82) is 0 Å². The number of hydrogen-bond donors (Lipinski definition) is 3. The first kappa shape index (κ1) is 13.3. The number of nitrogens with one attached hydrogen (secondary N) is 1. The first-order valence-electron chi connectivity index (χ1n) is 3.87. The van der Waals surface area contributed by atoms with Crippen LogP contribution in [0.25, 0.3) is 0 Å². The third-order valence-corrected chi connectivity index (χ3v) is 2.92. The van der Waals surface area contributed by atoms with Gasteiger partial charge in [0.15, 0.2) is 0 Å². The molecule has 82 valence electrons. The highest BCUT2D eigenvalue weighted by Gasteiger charge is 2.10. The number of thiocarbonyl (C=S) groups is 1. The van der Waals surface area contributed by atoms with Gasteiger partial charge in [-0.05, 0) is 6.42 Å². The molecule has 1 amide bonds. The zero-order chi connectivity index (χ0) is 11.2. The van der Waals surface area contributed by atoms with E-state index in [1.54, 1.807) is 0 Å². The summed E-state index contributed by atoms with van der Waals surface area (Å²) >= 11 is 4.45. The van der Waals surface area contributed by atoms with Crippen molar-refractivity contribution in [3.8, 4) is 0 Å². The van der Waals surface area contributed by atoms with Gasteiger partial charge >= 0.3 is 0 Å². The monoisotopic (exact) mass is 239 g/mol. The number of amides is 1. The van der Waals surface area contributed by atoms with Crippen LogP contribution in [0.4, 0.5) is 0 Å². The number of rotatable bonds is 7. The van der Waals surface area contributed by atoms with Crippen LogP contribution in [0.15, 0.2) is 0 Å². The highest BCUT2D eigenvalue weighted by atomic mass is 32.2. The van der Waals surface area contributed by atoms with Gasteiger partial charge < -0.3 is 11.5 Å². The summed E-state index contributed by atoms with van der Waals surface area (Å²) in [6, 6.07) is 0. The molecule has 6 nitrogen and oxygen atoms in total. The minimum atomic E-state index is -3.45. The van der Waals surface area contributed by atoms with Crippen LogP contribution in [0.1, 0.15) is 12.8 Å². The molecule has 0 rings (SSSR count). The van der Waals surface area contributed by atoms with Crippen LogP contribution in [-0.2, 0) is 14.8 Å². The highest BCUT2D eigenvalue weighted by molar-refractivity contribution is 7.92. The molecule has 0 bridgehead atoms. The second-order valence-electron chi connectivity index (χ2n) is 2.69. The maximum atomic E-state index is 11.1. The van der Waals surface area contributed by atoms with E-state index in [0.717, 1.165) is 0 Å². The third kappa shape index (κ3) is 7.90. The Balaban J connectivity index is 3.78. The summed E-state index contributed by atoms with van der Waals surface area (Å²) in [5.74, 6) is -0.836. The number of primary amides is 1. The fraction of sp³-hybridized carbons (Fsp3) is 0.667. The Morgan fingerprint density at radius 1 is 1.36 bits per heavy atom. The molecule has 0 unspecified atom stereocenters. The van der Waals surface area contributed by atoms with Crippen LogP contribution < -0.4 is 16.2 Å². The lowest BCUT2D eigenvalue weighted by Gasteiger charge is -2.04. The van der Waals surface area contributed by atoms with Crippen molar-refractivity contribution >= 4 is 33.1 Å². The Hall–Kier alpha value is -0.730. The Labute approximate surface area is 88.1 Å². The molecule has 14 heavy (non-hydrogen) atoms. The van der Waals surface area contributed by atoms with Gasteiger partial charge in [0.1, 0.15) is 5.75 Å². The summed E-state index contributed by atoms with van der Waals surface area (Å²) in [4.78, 5) is 10.2. The standard InChI is InChI=1S/C6H13N3O3S2/c7-5(10)2-1-3-9-14(11,12)4-6(8)13/h9H,1-4H2,(H2,7,10)(H2,8,13). The highest BCUT2D eigenvalue weighted by Crippen LogP contribution is 1.89. The molecule has 0 aliphatic heterocycles. The molecule has 0 aliphatic carbocycles. The zero-order valence-corrected chi connectivity index (χ0v) is 9.16. The molecule has 0 spiro atoms. The van der Waals surface area contributed by atoms with Gasteiger partial charge in [0.05, 0.1) is 4.99 Å². The average molecular weight is 239 g/mol. The fourth-order valence-electron chi connectivity index (χ4n) is 0.729. The van der Waals surface area contributed by atoms with E-state index in [1.807, 2.05) is 0 Å². The molecule has 5 N–H and O–H groups in total. The Bertz CT molecular complexity index is 312. The first-order valence-corrected chi connectivity index (χ1v) is 5.93. The average Bonchev–Trinajstić information content (AvgIpc) is 1.95. The van der Waals surface area contributed by atoms with Gasteiger partial charge in [-0.1, -0.05) is 12.2 Å². The van der Waals surface area contributed by atoms with Crippen LogP contribution in [0.2, 0.25) is 0 Å². The molecule has 0 aromatic carbocycles. The fourth-order valence-corrected chi connectivity index (χ4v) is 2.13. The van der Waals surface area contributed by atoms with Crippen molar-refractivity contribution < 1.29 is 13.2 Å². The van der Waals surface area contributed by atoms with Crippen LogP contribution in [0, 0.1) is 0 Å². The predicted octanol–water partition coefficient (Wildman–Crippen LogP) is -1.54. The van der Waals surface area contributed by atoms with E-state index >= 15 is 0 Å². The van der Waals surface area contributed by atoms with Crippen LogP contribution >= 0.6 is 12.2 Å². The maximum absolute atomic E-state index is 11.1. The number of sulfonamides is 1. The molecule has 0 radical (unpaired) electrons. The Kier molecular flexibility index (Phi) is 5.58. The maximum Gasteiger partial charge on any atom is 0.218 e. The van der Waals surface area contributed by atoms with Crippen LogP contribution in [0.3, 0.4) is 0 Å². The van der Waals surface area contributed by atoms with Gasteiger partial charge in [-0.2, -0.15) is 0 Å². The van der Waals surface area contributed by atoms with E-state index in [9.17, 15) is 13.2 Å². The third-order valence-electron chi connectivity index (χ3n) is 1.25. The normalized spacial score (nSPS) is 11.1. The molecule has 0 aromatic heterocycles. The summed E-state index contributed by atoms with van der Waals surface area (Å²) in [5.41, 5.74) is 9.94. The number of hydrogen-bond acceptors (Lipinski definition) is 4. The molecule has 0 aliphatic rings. The van der Waals surface area contributed by atoms with Crippen molar-refractivity contribution in [2.75, 3.05) is 12.3 Å². The van der Waals surface area contributed by atoms with E-state index in [0.29, 0.717) is 6.42 Å². The van der Waals surface area contributed by atoms with Crippen molar-refractivity contribution in [3.05, 3.63) is 0 Å². The Morgan fingerprint density at radius 2 is 1.93 bits per heavy atom. The van der Waals surface area contributed by atoms with Gasteiger partial charge in [-0.3, -0.25) is 4.79 Å². The second kappa shape index (κ2) is 5.89. The van der Waals surface area contributed by atoms with E-state index in [1.165, 1.54) is 0 Å². The summed E-state index contributed by atoms with van der Waals surface area (Å²) in [5, 5.41) is 0. The topological polar surface area (TPSA) is 115 Å². The summed E-state index contributed by atoms with van der Waals surface area (Å²) in [6.07, 6.45) is 0.515. The summed E-state index contributed by atoms with van der Waals surface area (Å²) in [7, 11) is -3.45. The lowest BCUT2D eigenvalue weighted by Crippen LogP contribution is -2.33. The van der Waals surface area contributed by atoms with Crippen molar-refractivity contribution in [1.82, 2.24) is 4.72 Å². The molecule has 0 saturated heterocycles. The molecule has 0 fully saturated rings. The van der Waals surface area contributed by atoms with Gasteiger partial charge in [-0.25, -0.2) is 13.1 Å². The largest absolute Gasteiger partial charge is 0.392 e. The van der Waals surface area contributed by atoms with Gasteiger partial charge in [0.25, 0.3) is 0 Å². The molecule has 8 heteroatoms. The minimum Gasteiger partial charge on any atom is -0.392 e. The van der Waals surface area contributed by atoms with Crippen LogP contribution in [-0.4, -0.2) is 31.6 Å². The lowest BCUT2D eigenvalue weighted by molar-refractivity contribution is -0.118. The molecular formula is C6H13N3O3S2. The lowest BCUT2D eigenvalue weighted by atomic mass is 10.3.